The molecule has 3 aromatic rings. The number of carboxylic acid groups (broad SMARTS) is 1. The molecular weight excluding hydrogens is 687 g/mol. The van der Waals surface area contributed by atoms with Crippen LogP contribution < -0.4 is 15.6 Å². The molecule has 1 saturated heterocycles. The van der Waals surface area contributed by atoms with Crippen molar-refractivity contribution in [2.75, 3.05) is 38.8 Å². The summed E-state index contributed by atoms with van der Waals surface area (Å²) in [7, 11) is -1.71. The number of β-lactam (4-membered cyclic amide) rings is 1. The molecular formula is C32H34Cl2N4O9S. The lowest BCUT2D eigenvalue weighted by Gasteiger charge is -2.48. The van der Waals surface area contributed by atoms with E-state index in [1.165, 1.54) is 18.2 Å². The zero-order valence-corrected chi connectivity index (χ0v) is 27.3. The minimum atomic E-state index is -1.71. The second-order valence-corrected chi connectivity index (χ2v) is 12.8. The van der Waals surface area contributed by atoms with Gasteiger partial charge in [0.2, 0.25) is 5.91 Å². The molecule has 2 amide bonds. The number of fused-ring (bicyclic) bond motifs is 2. The summed E-state index contributed by atoms with van der Waals surface area (Å²) in [4.78, 5) is 58.4. The van der Waals surface area contributed by atoms with Crippen LogP contribution >= 0.6 is 23.2 Å². The van der Waals surface area contributed by atoms with E-state index in [-0.39, 0.29) is 50.1 Å². The van der Waals surface area contributed by atoms with Crippen LogP contribution in [-0.2, 0) is 34.7 Å². The zero-order chi connectivity index (χ0) is 33.7. The quantitative estimate of drug-likeness (QED) is 0.165. The normalized spacial score (nSPS) is 18.8. The van der Waals surface area contributed by atoms with Gasteiger partial charge in [-0.3, -0.25) is 23.5 Å². The molecule has 5 rings (SSSR count). The van der Waals surface area contributed by atoms with E-state index in [4.69, 9.17) is 37.4 Å². The Balaban J connectivity index is 0.00000520. The van der Waals surface area contributed by atoms with E-state index in [0.717, 1.165) is 11.3 Å². The molecule has 0 saturated carbocycles. The zero-order valence-electron chi connectivity index (χ0n) is 25.0. The number of carbonyl (C=O) groups excluding carboxylic acids is 2. The molecule has 2 aromatic carbocycles. The first-order chi connectivity index (χ1) is 22.6. The van der Waals surface area contributed by atoms with Crippen molar-refractivity contribution in [2.45, 2.75) is 32.2 Å². The van der Waals surface area contributed by atoms with Gasteiger partial charge in [0.05, 0.1) is 46.2 Å². The third kappa shape index (κ3) is 8.13. The third-order valence-corrected chi connectivity index (χ3v) is 9.23. The number of H-pyrrole nitrogens is 1. The van der Waals surface area contributed by atoms with Gasteiger partial charge in [-0.2, -0.15) is 0 Å². The lowest BCUT2D eigenvalue weighted by molar-refractivity contribution is -0.151. The summed E-state index contributed by atoms with van der Waals surface area (Å²) in [5, 5.41) is 12.5. The number of ether oxygens (including phenoxy) is 3. The Hall–Kier alpha value is -4.08. The van der Waals surface area contributed by atoms with Gasteiger partial charge in [0.15, 0.2) is 0 Å². The number of benzene rings is 2. The standard InChI is InChI=1S/C31H30Cl2N4O9S.CH4/c1-2-9-44-11-12-45-15-24(38)35-25-29(40)37-26(31(41)42)17(16-47(43)30(25)37)4-3-10-46-23-8-6-19(33)14-21(23)27-34-22-7-5-18(32)13-20(22)28(39)36-27;/h3-8,13-14,25,30H,2,9-12,15-16H2,1H3,(H,35,38)(H,41,42)(H,34,36,39);1H4/b4-3+;/t25-,30?,47?;/m1./s1. The molecule has 3 atom stereocenters. The van der Waals surface area contributed by atoms with Crippen LogP contribution in [0, 0.1) is 0 Å². The van der Waals surface area contributed by atoms with Crippen molar-refractivity contribution in [2.24, 2.45) is 0 Å². The number of carbonyl (C=O) groups is 3. The van der Waals surface area contributed by atoms with E-state index in [1.54, 1.807) is 30.3 Å². The Morgan fingerprint density at radius 2 is 1.85 bits per heavy atom. The highest BCUT2D eigenvalue weighted by atomic mass is 35.5. The van der Waals surface area contributed by atoms with Gasteiger partial charge in [-0.25, -0.2) is 9.78 Å². The lowest BCUT2D eigenvalue weighted by Crippen LogP contribution is -2.73. The van der Waals surface area contributed by atoms with Crippen molar-refractivity contribution in [1.29, 1.82) is 0 Å². The summed E-state index contributed by atoms with van der Waals surface area (Å²) in [5.41, 5.74) is 0.245. The number of aliphatic carboxylic acids is 1. The molecule has 0 bridgehead atoms. The van der Waals surface area contributed by atoms with E-state index in [2.05, 4.69) is 15.3 Å². The number of amides is 2. The first-order valence-electron chi connectivity index (χ1n) is 14.5. The largest absolute Gasteiger partial charge is 0.489 e. The van der Waals surface area contributed by atoms with Crippen LogP contribution in [0.2, 0.25) is 10.0 Å². The van der Waals surface area contributed by atoms with Crippen LogP contribution in [0.4, 0.5) is 0 Å². The van der Waals surface area contributed by atoms with Crippen LogP contribution in [0.25, 0.3) is 22.3 Å². The topological polar surface area (TPSA) is 177 Å². The summed E-state index contributed by atoms with van der Waals surface area (Å²) < 4.78 is 29.6. The van der Waals surface area contributed by atoms with Crippen LogP contribution in [-0.4, -0.2) is 92.2 Å². The molecule has 13 nitrogen and oxygen atoms in total. The highest BCUT2D eigenvalue weighted by Gasteiger charge is 2.56. The smallest absolute Gasteiger partial charge is 0.352 e. The van der Waals surface area contributed by atoms with Crippen molar-refractivity contribution < 1.29 is 37.9 Å². The second kappa shape index (κ2) is 16.3. The van der Waals surface area contributed by atoms with Crippen LogP contribution in [0.5, 0.6) is 5.75 Å². The van der Waals surface area contributed by atoms with Crippen molar-refractivity contribution in [1.82, 2.24) is 20.2 Å². The number of hydrogen-bond donors (Lipinski definition) is 3. The van der Waals surface area contributed by atoms with E-state index >= 15 is 0 Å². The summed E-state index contributed by atoms with van der Waals surface area (Å²) in [5.74, 6) is -2.29. The summed E-state index contributed by atoms with van der Waals surface area (Å²) >= 11 is 12.2. The van der Waals surface area contributed by atoms with E-state index < -0.39 is 45.6 Å². The van der Waals surface area contributed by atoms with Crippen LogP contribution in [0.3, 0.4) is 0 Å². The fraction of sp³-hybridized carbons (Fsp3) is 0.344. The number of halogens is 2. The van der Waals surface area contributed by atoms with E-state index in [0.29, 0.717) is 45.5 Å². The Morgan fingerprint density at radius 3 is 2.60 bits per heavy atom. The predicted octanol–water partition coefficient (Wildman–Crippen LogP) is 3.67. The maximum absolute atomic E-state index is 13.1. The fourth-order valence-corrected chi connectivity index (χ4v) is 7.04. The lowest BCUT2D eigenvalue weighted by atomic mass is 10.0. The number of aromatic amines is 1. The average molecular weight is 722 g/mol. The number of nitrogens with zero attached hydrogens (tertiary/aromatic N) is 2. The third-order valence-electron chi connectivity index (χ3n) is 7.15. The van der Waals surface area contributed by atoms with Gasteiger partial charge in [-0.1, -0.05) is 43.6 Å². The molecule has 0 spiro atoms. The van der Waals surface area contributed by atoms with Crippen molar-refractivity contribution in [3.05, 3.63) is 80.2 Å². The summed E-state index contributed by atoms with van der Waals surface area (Å²) in [6.45, 7) is 2.65. The molecule has 2 aliphatic rings. The highest BCUT2D eigenvalue weighted by molar-refractivity contribution is 7.86. The summed E-state index contributed by atoms with van der Waals surface area (Å²) in [6.07, 6.45) is 3.80. The number of aromatic nitrogens is 2. The number of nitrogens with one attached hydrogen (secondary N) is 2. The SMILES string of the molecule is C.CCCOCCOCC(=O)N[C@@H]1C(=O)N2C(C(=O)O)=C(/C=C/COc3ccc(Cl)cc3-c3nc4ccc(Cl)cc4c(=O)[nH]3)CS(=O)C12. The minimum Gasteiger partial charge on any atom is -0.489 e. The monoisotopic (exact) mass is 720 g/mol. The maximum Gasteiger partial charge on any atom is 0.352 e. The number of carboxylic acids is 1. The first kappa shape index (κ1) is 36.8. The number of rotatable bonds is 14. The molecule has 48 heavy (non-hydrogen) atoms. The molecule has 3 heterocycles. The van der Waals surface area contributed by atoms with Crippen LogP contribution in [0.1, 0.15) is 20.8 Å². The van der Waals surface area contributed by atoms with Crippen LogP contribution in [0.15, 0.2) is 64.6 Å². The van der Waals surface area contributed by atoms with Gasteiger partial charge in [0.25, 0.3) is 11.5 Å². The van der Waals surface area contributed by atoms with Crippen molar-refractivity contribution >= 4 is 62.7 Å². The van der Waals surface area contributed by atoms with E-state index in [1.807, 2.05) is 6.92 Å². The molecule has 16 heteroatoms. The first-order valence-corrected chi connectivity index (χ1v) is 16.6. The Bertz CT molecular complexity index is 1860. The predicted molar refractivity (Wildman–Crippen MR) is 181 cm³/mol. The molecule has 2 aliphatic heterocycles. The minimum absolute atomic E-state index is 0. The molecule has 0 aliphatic carbocycles. The van der Waals surface area contributed by atoms with Gasteiger partial charge in [-0.05, 0) is 54.5 Å². The second-order valence-electron chi connectivity index (χ2n) is 10.4. The van der Waals surface area contributed by atoms with Gasteiger partial charge in [0.1, 0.15) is 41.9 Å². The van der Waals surface area contributed by atoms with Gasteiger partial charge in [0, 0.05) is 16.7 Å². The van der Waals surface area contributed by atoms with Gasteiger partial charge >= 0.3 is 5.97 Å². The molecule has 1 fully saturated rings. The highest BCUT2D eigenvalue weighted by Crippen LogP contribution is 2.35. The molecule has 3 N–H and O–H groups in total. The molecule has 1 aromatic heterocycles. The number of allylic oxidation sites excluding steroid dienone is 1. The molecule has 0 radical (unpaired) electrons. The Morgan fingerprint density at radius 1 is 1.12 bits per heavy atom. The Kier molecular flexibility index (Phi) is 12.5. The maximum atomic E-state index is 13.1. The number of hydrogen-bond acceptors (Lipinski definition) is 9. The van der Waals surface area contributed by atoms with Crippen molar-refractivity contribution in [3.8, 4) is 17.1 Å². The van der Waals surface area contributed by atoms with E-state index in [9.17, 15) is 28.5 Å². The average Bonchev–Trinajstić information content (AvgIpc) is 3.04. The summed E-state index contributed by atoms with van der Waals surface area (Å²) in [6, 6.07) is 8.38. The van der Waals surface area contributed by atoms with Gasteiger partial charge in [-0.15, -0.1) is 0 Å². The van der Waals surface area contributed by atoms with Crippen molar-refractivity contribution in [3.63, 3.8) is 0 Å². The molecule has 256 valence electrons. The fourth-order valence-electron chi connectivity index (χ4n) is 5.06. The Labute approximate surface area is 288 Å². The van der Waals surface area contributed by atoms with Gasteiger partial charge < -0.3 is 29.6 Å². The molecule has 2 unspecified atom stereocenters.